The molecule has 5 nitrogen and oxygen atoms in total. The number of amides is 1. The van der Waals surface area contributed by atoms with Gasteiger partial charge in [0.25, 0.3) is 5.91 Å². The molecule has 2 aromatic carbocycles. The van der Waals surface area contributed by atoms with Gasteiger partial charge >= 0.3 is 0 Å². The van der Waals surface area contributed by atoms with Gasteiger partial charge < -0.3 is 5.32 Å². The fraction of sp³-hybridized carbons (Fsp3) is 0.409. The van der Waals surface area contributed by atoms with Gasteiger partial charge in [-0.25, -0.2) is 8.42 Å². The molecular weight excluding hydrogens is 372 g/mol. The summed E-state index contributed by atoms with van der Waals surface area (Å²) < 4.78 is 23.6. The smallest absolute Gasteiger partial charge is 0.251 e. The van der Waals surface area contributed by atoms with E-state index in [1.807, 2.05) is 25.1 Å². The largest absolute Gasteiger partial charge is 0.348 e. The van der Waals surface area contributed by atoms with Gasteiger partial charge in [0.1, 0.15) is 0 Å². The molecule has 3 rings (SSSR count). The Morgan fingerprint density at radius 1 is 1.04 bits per heavy atom. The average molecular weight is 401 g/mol. The maximum atomic E-state index is 12.7. The first kappa shape index (κ1) is 20.6. The van der Waals surface area contributed by atoms with Crippen molar-refractivity contribution < 1.29 is 13.2 Å². The summed E-state index contributed by atoms with van der Waals surface area (Å²) in [6.07, 6.45) is 4.94. The minimum atomic E-state index is -3.35. The summed E-state index contributed by atoms with van der Waals surface area (Å²) in [7, 11) is -3.35. The highest BCUT2D eigenvalue weighted by Gasteiger charge is 2.16. The van der Waals surface area contributed by atoms with E-state index in [9.17, 15) is 13.2 Å². The van der Waals surface area contributed by atoms with Gasteiger partial charge in [-0.05, 0) is 61.7 Å². The highest BCUT2D eigenvalue weighted by atomic mass is 32.2. The van der Waals surface area contributed by atoms with E-state index in [1.54, 1.807) is 6.07 Å². The van der Waals surface area contributed by atoms with Crippen LogP contribution in [-0.2, 0) is 22.9 Å². The molecule has 28 heavy (non-hydrogen) atoms. The molecule has 1 N–H and O–H groups in total. The Morgan fingerprint density at radius 2 is 1.71 bits per heavy atom. The van der Waals surface area contributed by atoms with Crippen LogP contribution in [-0.4, -0.2) is 38.6 Å². The molecule has 1 saturated heterocycles. The molecule has 0 bridgehead atoms. The van der Waals surface area contributed by atoms with E-state index >= 15 is 0 Å². The highest BCUT2D eigenvalue weighted by Crippen LogP contribution is 2.18. The standard InChI is InChI=1S/C22H28N2O3S/c1-17-10-11-20(28(2,26)27)14-21(17)22(25)23-15-18-8-4-5-9-19(18)16-24-12-6-3-7-13-24/h4-5,8-11,14H,3,6-7,12-13,15-16H2,1-2H3,(H,23,25). The Hall–Kier alpha value is -2.18. The number of likely N-dealkylation sites (tertiary alicyclic amines) is 1. The third-order valence-corrected chi connectivity index (χ3v) is 6.39. The molecule has 2 aromatic rings. The second kappa shape index (κ2) is 8.88. The van der Waals surface area contributed by atoms with Gasteiger partial charge in [0.2, 0.25) is 0 Å². The molecule has 1 amide bonds. The summed E-state index contributed by atoms with van der Waals surface area (Å²) in [5, 5.41) is 2.96. The second-order valence-corrected chi connectivity index (χ2v) is 9.55. The van der Waals surface area contributed by atoms with E-state index in [2.05, 4.69) is 16.3 Å². The molecule has 0 atom stereocenters. The third kappa shape index (κ3) is 5.20. The van der Waals surface area contributed by atoms with Crippen molar-refractivity contribution in [3.63, 3.8) is 0 Å². The molecule has 0 aromatic heterocycles. The van der Waals surface area contributed by atoms with Crippen molar-refractivity contribution in [2.75, 3.05) is 19.3 Å². The van der Waals surface area contributed by atoms with Crippen LogP contribution >= 0.6 is 0 Å². The molecule has 1 aliphatic heterocycles. The van der Waals surface area contributed by atoms with Crippen LogP contribution < -0.4 is 5.32 Å². The molecule has 0 aliphatic carbocycles. The number of nitrogens with one attached hydrogen (secondary N) is 1. The predicted octanol–water partition coefficient (Wildman–Crippen LogP) is 3.31. The van der Waals surface area contributed by atoms with Crippen molar-refractivity contribution >= 4 is 15.7 Å². The van der Waals surface area contributed by atoms with Gasteiger partial charge in [-0.3, -0.25) is 9.69 Å². The van der Waals surface area contributed by atoms with Crippen molar-refractivity contribution in [2.24, 2.45) is 0 Å². The van der Waals surface area contributed by atoms with Crippen LogP contribution in [0.2, 0.25) is 0 Å². The zero-order chi connectivity index (χ0) is 20.1. The molecule has 6 heteroatoms. The van der Waals surface area contributed by atoms with Crippen LogP contribution in [0.5, 0.6) is 0 Å². The quantitative estimate of drug-likeness (QED) is 0.808. The zero-order valence-corrected chi connectivity index (χ0v) is 17.4. The van der Waals surface area contributed by atoms with E-state index in [0.29, 0.717) is 12.1 Å². The SMILES string of the molecule is Cc1ccc(S(C)(=O)=O)cc1C(=O)NCc1ccccc1CN1CCCCC1. The first-order chi connectivity index (χ1) is 13.3. The Morgan fingerprint density at radius 3 is 2.39 bits per heavy atom. The average Bonchev–Trinajstić information content (AvgIpc) is 2.67. The number of carbonyl (C=O) groups excluding carboxylic acids is 1. The minimum Gasteiger partial charge on any atom is -0.348 e. The lowest BCUT2D eigenvalue weighted by molar-refractivity contribution is 0.0950. The molecule has 0 spiro atoms. The van der Waals surface area contributed by atoms with E-state index in [-0.39, 0.29) is 10.8 Å². The zero-order valence-electron chi connectivity index (χ0n) is 16.6. The highest BCUT2D eigenvalue weighted by molar-refractivity contribution is 7.90. The van der Waals surface area contributed by atoms with Gasteiger partial charge in [0.05, 0.1) is 4.90 Å². The normalized spacial score (nSPS) is 15.4. The van der Waals surface area contributed by atoms with Gasteiger partial charge in [0.15, 0.2) is 9.84 Å². The van der Waals surface area contributed by atoms with Crippen LogP contribution in [0.4, 0.5) is 0 Å². The lowest BCUT2D eigenvalue weighted by Gasteiger charge is -2.27. The number of benzene rings is 2. The monoisotopic (exact) mass is 400 g/mol. The van der Waals surface area contributed by atoms with Crippen LogP contribution in [0.25, 0.3) is 0 Å². The molecule has 1 aliphatic rings. The van der Waals surface area contributed by atoms with E-state index in [4.69, 9.17) is 0 Å². The molecule has 1 heterocycles. The fourth-order valence-corrected chi connectivity index (χ4v) is 4.24. The lowest BCUT2D eigenvalue weighted by atomic mass is 10.0. The van der Waals surface area contributed by atoms with Gasteiger partial charge in [-0.2, -0.15) is 0 Å². The van der Waals surface area contributed by atoms with Gasteiger partial charge in [0, 0.05) is 24.9 Å². The van der Waals surface area contributed by atoms with Crippen molar-refractivity contribution in [3.05, 3.63) is 64.7 Å². The Labute approximate surface area is 167 Å². The van der Waals surface area contributed by atoms with Crippen LogP contribution in [0.3, 0.4) is 0 Å². The summed E-state index contributed by atoms with van der Waals surface area (Å²) in [6, 6.07) is 12.8. The maximum Gasteiger partial charge on any atom is 0.251 e. The summed E-state index contributed by atoms with van der Waals surface area (Å²) >= 11 is 0. The number of hydrogen-bond acceptors (Lipinski definition) is 4. The number of carbonyl (C=O) groups is 1. The number of piperidine rings is 1. The minimum absolute atomic E-state index is 0.161. The molecule has 0 saturated carbocycles. The number of sulfone groups is 1. The van der Waals surface area contributed by atoms with Crippen molar-refractivity contribution in [1.29, 1.82) is 0 Å². The second-order valence-electron chi connectivity index (χ2n) is 7.54. The van der Waals surface area contributed by atoms with Crippen LogP contribution in [0.1, 0.15) is 46.3 Å². The summed E-state index contributed by atoms with van der Waals surface area (Å²) in [5.74, 6) is -0.254. The molecular formula is C22H28N2O3S. The predicted molar refractivity (Wildman–Crippen MR) is 111 cm³/mol. The van der Waals surface area contributed by atoms with E-state index in [1.165, 1.54) is 37.0 Å². The van der Waals surface area contributed by atoms with E-state index in [0.717, 1.165) is 37.0 Å². The summed E-state index contributed by atoms with van der Waals surface area (Å²) in [6.45, 7) is 5.38. The van der Waals surface area contributed by atoms with Gasteiger partial charge in [-0.15, -0.1) is 0 Å². The topological polar surface area (TPSA) is 66.5 Å². The fourth-order valence-electron chi connectivity index (χ4n) is 3.59. The summed E-state index contributed by atoms with van der Waals surface area (Å²) in [5.41, 5.74) is 3.48. The van der Waals surface area contributed by atoms with Crippen LogP contribution in [0, 0.1) is 6.92 Å². The molecule has 0 radical (unpaired) electrons. The van der Waals surface area contributed by atoms with Crippen molar-refractivity contribution in [1.82, 2.24) is 10.2 Å². The molecule has 150 valence electrons. The Bertz CT molecular complexity index is 948. The molecule has 0 unspecified atom stereocenters. The first-order valence-electron chi connectivity index (χ1n) is 9.72. The number of hydrogen-bond donors (Lipinski definition) is 1. The summed E-state index contributed by atoms with van der Waals surface area (Å²) in [4.78, 5) is 15.3. The third-order valence-electron chi connectivity index (χ3n) is 5.28. The van der Waals surface area contributed by atoms with Gasteiger partial charge in [-0.1, -0.05) is 36.8 Å². The van der Waals surface area contributed by atoms with Crippen molar-refractivity contribution in [2.45, 2.75) is 44.2 Å². The Kier molecular flexibility index (Phi) is 6.52. The van der Waals surface area contributed by atoms with Crippen LogP contribution in [0.15, 0.2) is 47.4 Å². The Balaban J connectivity index is 1.71. The number of nitrogens with zero attached hydrogens (tertiary/aromatic N) is 1. The maximum absolute atomic E-state index is 12.7. The lowest BCUT2D eigenvalue weighted by Crippen LogP contribution is -2.30. The number of rotatable bonds is 6. The molecule has 1 fully saturated rings. The van der Waals surface area contributed by atoms with E-state index < -0.39 is 9.84 Å². The first-order valence-corrected chi connectivity index (χ1v) is 11.6. The number of aryl methyl sites for hydroxylation is 1. The van der Waals surface area contributed by atoms with Crippen molar-refractivity contribution in [3.8, 4) is 0 Å².